The van der Waals surface area contributed by atoms with Crippen LogP contribution in [0, 0.1) is 0 Å². The number of rotatable bonds is 7. The largest absolute Gasteiger partial charge is 0.504 e. The van der Waals surface area contributed by atoms with Gasteiger partial charge in [-0.05, 0) is 47.5 Å². The minimum atomic E-state index is -2.34. The van der Waals surface area contributed by atoms with Gasteiger partial charge in [0, 0.05) is 25.0 Å². The summed E-state index contributed by atoms with van der Waals surface area (Å²) >= 11 is 0. The van der Waals surface area contributed by atoms with Crippen LogP contribution in [0.15, 0.2) is 48.6 Å². The molecule has 37 heavy (non-hydrogen) atoms. The van der Waals surface area contributed by atoms with Crippen LogP contribution in [0.5, 0.6) is 23.0 Å². The number of hydrogen-bond donors (Lipinski definition) is 7. The Kier molecular flexibility index (Phi) is 8.05. The third-order valence-corrected chi connectivity index (χ3v) is 5.62. The fourth-order valence-corrected chi connectivity index (χ4v) is 3.68. The van der Waals surface area contributed by atoms with Gasteiger partial charge in [0.25, 0.3) is 0 Å². The molecule has 0 radical (unpaired) electrons. The number of carbonyl (C=O) groups is 3. The molecule has 1 saturated carbocycles. The van der Waals surface area contributed by atoms with Crippen LogP contribution in [0.4, 0.5) is 0 Å². The van der Waals surface area contributed by atoms with Crippen molar-refractivity contribution in [3.8, 4) is 23.0 Å². The Morgan fingerprint density at radius 2 is 1.30 bits per heavy atom. The summed E-state index contributed by atoms with van der Waals surface area (Å²) in [6.07, 6.45) is -2.09. The Bertz CT molecular complexity index is 1250. The lowest BCUT2D eigenvalue weighted by Gasteiger charge is -2.41. The van der Waals surface area contributed by atoms with Gasteiger partial charge in [0.2, 0.25) is 5.60 Å². The molecule has 1 aliphatic carbocycles. The van der Waals surface area contributed by atoms with Crippen LogP contribution < -0.4 is 0 Å². The van der Waals surface area contributed by atoms with Crippen molar-refractivity contribution in [2.24, 2.45) is 0 Å². The van der Waals surface area contributed by atoms with Crippen molar-refractivity contribution in [3.05, 3.63) is 59.7 Å². The Morgan fingerprint density at radius 1 is 0.784 bits per heavy atom. The van der Waals surface area contributed by atoms with Crippen molar-refractivity contribution < 1.29 is 59.6 Å². The molecule has 1 aliphatic rings. The van der Waals surface area contributed by atoms with E-state index in [0.717, 1.165) is 18.2 Å². The minimum absolute atomic E-state index is 0.288. The molecule has 0 amide bonds. The van der Waals surface area contributed by atoms with Gasteiger partial charge in [0.05, 0.1) is 6.10 Å². The molecule has 0 bridgehead atoms. The first-order valence-electron chi connectivity index (χ1n) is 10.8. The molecule has 4 atom stereocenters. The molecule has 12 nitrogen and oxygen atoms in total. The number of ether oxygens (including phenoxy) is 2. The number of aliphatic carboxylic acids is 1. The van der Waals surface area contributed by atoms with Crippen molar-refractivity contribution in [1.29, 1.82) is 0 Å². The number of aliphatic hydroxyl groups is 2. The average molecular weight is 516 g/mol. The lowest BCUT2D eigenvalue weighted by molar-refractivity contribution is -0.207. The van der Waals surface area contributed by atoms with E-state index >= 15 is 0 Å². The third kappa shape index (κ3) is 6.57. The lowest BCUT2D eigenvalue weighted by Crippen LogP contribution is -2.58. The topological polar surface area (TPSA) is 211 Å². The zero-order chi connectivity index (χ0) is 27.3. The molecule has 0 saturated heterocycles. The Labute approximate surface area is 209 Å². The standard InChI is InChI=1S/C25H24O12/c26-15-5-1-13(9-17(15)28)3-7-21(31)36-20-12-25(24(34)35,11-19(30)23(20)33)37-22(32)8-4-14-2-6-16(27)18(29)10-14/h1-10,19-20,23,26-30,33H,11-12H2,(H,34,35)/t19-,20+,23-,25-/m0/s1. The molecule has 0 aromatic heterocycles. The summed E-state index contributed by atoms with van der Waals surface area (Å²) in [7, 11) is 0. The maximum absolute atomic E-state index is 12.4. The summed E-state index contributed by atoms with van der Waals surface area (Å²) in [6, 6.07) is 7.44. The second-order valence-electron chi connectivity index (χ2n) is 8.33. The number of phenolic OH excluding ortho intramolecular Hbond substituents is 4. The van der Waals surface area contributed by atoms with Crippen LogP contribution in [0.25, 0.3) is 12.2 Å². The summed E-state index contributed by atoms with van der Waals surface area (Å²) in [6.45, 7) is 0. The van der Waals surface area contributed by atoms with Gasteiger partial charge in [-0.25, -0.2) is 14.4 Å². The molecular weight excluding hydrogens is 492 g/mol. The maximum atomic E-state index is 12.4. The third-order valence-electron chi connectivity index (χ3n) is 5.62. The van der Waals surface area contributed by atoms with E-state index in [1.54, 1.807) is 0 Å². The van der Waals surface area contributed by atoms with E-state index in [0.29, 0.717) is 5.56 Å². The van der Waals surface area contributed by atoms with E-state index in [9.17, 15) is 50.1 Å². The van der Waals surface area contributed by atoms with Crippen molar-refractivity contribution in [2.75, 3.05) is 0 Å². The molecular formula is C25H24O12. The average Bonchev–Trinajstić information content (AvgIpc) is 2.83. The molecule has 0 heterocycles. The predicted molar refractivity (Wildman–Crippen MR) is 125 cm³/mol. The van der Waals surface area contributed by atoms with Gasteiger partial charge in [0.15, 0.2) is 23.0 Å². The highest BCUT2D eigenvalue weighted by molar-refractivity contribution is 5.91. The fraction of sp³-hybridized carbons (Fsp3) is 0.240. The van der Waals surface area contributed by atoms with Crippen LogP contribution in [0.2, 0.25) is 0 Å². The zero-order valence-electron chi connectivity index (χ0n) is 19.1. The summed E-state index contributed by atoms with van der Waals surface area (Å²) in [5.74, 6) is -5.41. The zero-order valence-corrected chi connectivity index (χ0v) is 19.1. The van der Waals surface area contributed by atoms with Crippen LogP contribution in [0.1, 0.15) is 24.0 Å². The van der Waals surface area contributed by atoms with Gasteiger partial charge in [-0.1, -0.05) is 12.1 Å². The second-order valence-corrected chi connectivity index (χ2v) is 8.33. The molecule has 2 aromatic rings. The van der Waals surface area contributed by atoms with E-state index < -0.39 is 66.2 Å². The van der Waals surface area contributed by atoms with Crippen LogP contribution in [0.3, 0.4) is 0 Å². The Hall–Kier alpha value is -4.55. The van der Waals surface area contributed by atoms with Gasteiger partial charge in [-0.2, -0.15) is 0 Å². The highest BCUT2D eigenvalue weighted by atomic mass is 16.6. The highest BCUT2D eigenvalue weighted by Crippen LogP contribution is 2.35. The molecule has 7 N–H and O–H groups in total. The number of aliphatic hydroxyl groups excluding tert-OH is 2. The number of phenols is 4. The van der Waals surface area contributed by atoms with E-state index in [1.165, 1.54) is 42.5 Å². The number of aromatic hydroxyl groups is 4. The number of benzene rings is 2. The molecule has 196 valence electrons. The van der Waals surface area contributed by atoms with Crippen molar-refractivity contribution >= 4 is 30.1 Å². The predicted octanol–water partition coefficient (Wildman–Crippen LogP) is 1.03. The van der Waals surface area contributed by atoms with Gasteiger partial charge in [-0.3, -0.25) is 0 Å². The van der Waals surface area contributed by atoms with Crippen molar-refractivity contribution in [2.45, 2.75) is 36.8 Å². The molecule has 0 spiro atoms. The minimum Gasteiger partial charge on any atom is -0.504 e. The summed E-state index contributed by atoms with van der Waals surface area (Å²) in [5.41, 5.74) is -1.73. The van der Waals surface area contributed by atoms with Gasteiger partial charge < -0.3 is 45.2 Å². The summed E-state index contributed by atoms with van der Waals surface area (Å²) in [5, 5.41) is 68.0. The molecule has 3 rings (SSSR count). The number of esters is 2. The first kappa shape index (κ1) is 27.0. The lowest BCUT2D eigenvalue weighted by atomic mass is 9.79. The SMILES string of the molecule is O=C(C=Cc1ccc(O)c(O)c1)O[C@@H]1C[C@](OC(=O)C=Cc2ccc(O)c(O)c2)(C(=O)O)C[C@H](O)[C@@H]1O. The highest BCUT2D eigenvalue weighted by Gasteiger charge is 2.54. The molecule has 12 heteroatoms. The van der Waals surface area contributed by atoms with Crippen LogP contribution in [-0.2, 0) is 23.9 Å². The number of carbonyl (C=O) groups excluding carboxylic acids is 2. The molecule has 2 aromatic carbocycles. The fourth-order valence-electron chi connectivity index (χ4n) is 3.68. The van der Waals surface area contributed by atoms with Crippen molar-refractivity contribution in [1.82, 2.24) is 0 Å². The summed E-state index contributed by atoms with van der Waals surface area (Å²) in [4.78, 5) is 36.7. The second kappa shape index (κ2) is 11.0. The summed E-state index contributed by atoms with van der Waals surface area (Å²) < 4.78 is 10.2. The normalized spacial score (nSPS) is 23.7. The molecule has 0 aliphatic heterocycles. The van der Waals surface area contributed by atoms with E-state index in [-0.39, 0.29) is 17.1 Å². The van der Waals surface area contributed by atoms with Crippen LogP contribution in [-0.4, -0.2) is 77.6 Å². The monoisotopic (exact) mass is 516 g/mol. The Morgan fingerprint density at radius 3 is 1.78 bits per heavy atom. The quantitative estimate of drug-likeness (QED) is 0.156. The first-order valence-corrected chi connectivity index (χ1v) is 10.8. The molecule has 0 unspecified atom stereocenters. The number of hydrogen-bond acceptors (Lipinski definition) is 11. The number of carboxylic acid groups (broad SMARTS) is 1. The van der Waals surface area contributed by atoms with Gasteiger partial charge in [-0.15, -0.1) is 0 Å². The van der Waals surface area contributed by atoms with Crippen molar-refractivity contribution in [3.63, 3.8) is 0 Å². The van der Waals surface area contributed by atoms with E-state index in [1.807, 2.05) is 0 Å². The molecule has 1 fully saturated rings. The van der Waals surface area contributed by atoms with E-state index in [2.05, 4.69) is 0 Å². The Balaban J connectivity index is 1.73. The van der Waals surface area contributed by atoms with Gasteiger partial charge in [0.1, 0.15) is 12.2 Å². The van der Waals surface area contributed by atoms with E-state index in [4.69, 9.17) is 9.47 Å². The smallest absolute Gasteiger partial charge is 0.348 e. The van der Waals surface area contributed by atoms with Gasteiger partial charge >= 0.3 is 17.9 Å². The van der Waals surface area contributed by atoms with Crippen LogP contribution >= 0.6 is 0 Å². The number of carboxylic acids is 1. The maximum Gasteiger partial charge on any atom is 0.348 e. The first-order chi connectivity index (χ1) is 17.4.